The fraction of sp³-hybridized carbons (Fsp3) is 0.364. The van der Waals surface area contributed by atoms with Crippen LogP contribution in [-0.4, -0.2) is 16.8 Å². The Kier molecular flexibility index (Phi) is 6.11. The van der Waals surface area contributed by atoms with E-state index in [9.17, 15) is 0 Å². The third kappa shape index (κ3) is 5.28. The maximum atomic E-state index is 8.34. The van der Waals surface area contributed by atoms with Gasteiger partial charge in [-0.25, -0.2) is 0 Å². The van der Waals surface area contributed by atoms with Crippen molar-refractivity contribution in [2.24, 2.45) is 10.9 Å². The zero-order valence-corrected chi connectivity index (χ0v) is 10.5. The van der Waals surface area contributed by atoms with Gasteiger partial charge in [-0.15, -0.1) is 0 Å². The van der Waals surface area contributed by atoms with E-state index in [1.165, 1.54) is 5.56 Å². The third-order valence-corrected chi connectivity index (χ3v) is 3.40. The van der Waals surface area contributed by atoms with Crippen LogP contribution < -0.4 is 5.73 Å². The Morgan fingerprint density at radius 2 is 2.06 bits per heavy atom. The summed E-state index contributed by atoms with van der Waals surface area (Å²) in [5.74, 6) is 2.26. The third-order valence-electron chi connectivity index (χ3n) is 2.03. The standard InChI is InChI=1S/C11H15ClN2OS/c12-10-5-3-9(4-6-10)8-16-7-1-2-11(13)14-15/h3-6,15H,1-2,7-8H2,(H2,13,14). The van der Waals surface area contributed by atoms with E-state index in [1.54, 1.807) is 0 Å². The molecular formula is C11H15ClN2OS. The van der Waals surface area contributed by atoms with E-state index >= 15 is 0 Å². The maximum Gasteiger partial charge on any atom is 0.139 e. The van der Waals surface area contributed by atoms with Crippen LogP contribution in [0.25, 0.3) is 0 Å². The number of hydrogen-bond donors (Lipinski definition) is 2. The van der Waals surface area contributed by atoms with Crippen LogP contribution in [0.5, 0.6) is 0 Å². The van der Waals surface area contributed by atoms with Crippen molar-refractivity contribution in [2.45, 2.75) is 18.6 Å². The summed E-state index contributed by atoms with van der Waals surface area (Å²) >= 11 is 7.62. The summed E-state index contributed by atoms with van der Waals surface area (Å²) in [5.41, 5.74) is 6.62. The predicted octanol–water partition coefficient (Wildman–Crippen LogP) is 3.10. The van der Waals surface area contributed by atoms with Gasteiger partial charge in [-0.2, -0.15) is 11.8 Å². The van der Waals surface area contributed by atoms with E-state index < -0.39 is 0 Å². The van der Waals surface area contributed by atoms with Crippen molar-refractivity contribution in [1.29, 1.82) is 0 Å². The topological polar surface area (TPSA) is 58.6 Å². The zero-order chi connectivity index (χ0) is 11.8. The Hall–Kier alpha value is -0.870. The first kappa shape index (κ1) is 13.2. The minimum absolute atomic E-state index is 0.298. The molecule has 5 heteroatoms. The molecule has 0 unspecified atom stereocenters. The lowest BCUT2D eigenvalue weighted by atomic mass is 10.2. The van der Waals surface area contributed by atoms with Crippen LogP contribution in [0.15, 0.2) is 29.4 Å². The molecule has 0 aliphatic heterocycles. The highest BCUT2D eigenvalue weighted by Crippen LogP contribution is 2.16. The van der Waals surface area contributed by atoms with Gasteiger partial charge in [0.25, 0.3) is 0 Å². The molecule has 1 aromatic rings. The number of nitrogens with two attached hydrogens (primary N) is 1. The first-order valence-electron chi connectivity index (χ1n) is 5.01. The molecule has 0 spiro atoms. The molecule has 0 fully saturated rings. The quantitative estimate of drug-likeness (QED) is 0.271. The Bertz CT molecular complexity index is 340. The molecular weight excluding hydrogens is 244 g/mol. The zero-order valence-electron chi connectivity index (χ0n) is 8.90. The predicted molar refractivity (Wildman–Crippen MR) is 70.3 cm³/mol. The van der Waals surface area contributed by atoms with Crippen molar-refractivity contribution >= 4 is 29.2 Å². The van der Waals surface area contributed by atoms with E-state index in [4.69, 9.17) is 22.5 Å². The summed E-state index contributed by atoms with van der Waals surface area (Å²) in [5, 5.41) is 12.0. The number of thioether (sulfide) groups is 1. The van der Waals surface area contributed by atoms with E-state index in [0.717, 1.165) is 22.9 Å². The average molecular weight is 259 g/mol. The second kappa shape index (κ2) is 7.41. The van der Waals surface area contributed by atoms with Crippen molar-refractivity contribution in [3.8, 4) is 0 Å². The highest BCUT2D eigenvalue weighted by atomic mass is 35.5. The Morgan fingerprint density at radius 3 is 2.69 bits per heavy atom. The van der Waals surface area contributed by atoms with Crippen molar-refractivity contribution in [3.63, 3.8) is 0 Å². The molecule has 1 aromatic carbocycles. The highest BCUT2D eigenvalue weighted by Gasteiger charge is 1.96. The van der Waals surface area contributed by atoms with Crippen molar-refractivity contribution < 1.29 is 5.21 Å². The largest absolute Gasteiger partial charge is 0.409 e. The summed E-state index contributed by atoms with van der Waals surface area (Å²) < 4.78 is 0. The van der Waals surface area contributed by atoms with E-state index in [-0.39, 0.29) is 0 Å². The number of nitrogens with zero attached hydrogens (tertiary/aromatic N) is 1. The van der Waals surface area contributed by atoms with Crippen LogP contribution in [-0.2, 0) is 5.75 Å². The van der Waals surface area contributed by atoms with E-state index in [1.807, 2.05) is 36.0 Å². The number of benzene rings is 1. The van der Waals surface area contributed by atoms with Gasteiger partial charge in [0.2, 0.25) is 0 Å². The van der Waals surface area contributed by atoms with Gasteiger partial charge in [0.15, 0.2) is 0 Å². The second-order valence-corrected chi connectivity index (χ2v) is 4.92. The van der Waals surface area contributed by atoms with E-state index in [2.05, 4.69) is 5.16 Å². The van der Waals surface area contributed by atoms with Gasteiger partial charge in [-0.3, -0.25) is 0 Å². The molecule has 0 atom stereocenters. The number of oxime groups is 1. The lowest BCUT2D eigenvalue weighted by Crippen LogP contribution is -2.11. The van der Waals surface area contributed by atoms with Crippen molar-refractivity contribution in [2.75, 3.05) is 5.75 Å². The molecule has 0 aliphatic rings. The fourth-order valence-electron chi connectivity index (χ4n) is 1.18. The Labute approximate surface area is 105 Å². The van der Waals surface area contributed by atoms with Crippen LogP contribution in [0, 0.1) is 0 Å². The molecule has 0 bridgehead atoms. The average Bonchev–Trinajstić information content (AvgIpc) is 2.31. The normalized spacial score (nSPS) is 11.7. The highest BCUT2D eigenvalue weighted by molar-refractivity contribution is 7.98. The molecule has 0 aliphatic carbocycles. The lowest BCUT2D eigenvalue weighted by Gasteiger charge is -2.02. The molecule has 3 N–H and O–H groups in total. The first-order valence-corrected chi connectivity index (χ1v) is 6.54. The van der Waals surface area contributed by atoms with E-state index in [0.29, 0.717) is 12.3 Å². The van der Waals surface area contributed by atoms with Gasteiger partial charge in [-0.05, 0) is 29.9 Å². The van der Waals surface area contributed by atoms with Gasteiger partial charge >= 0.3 is 0 Å². The van der Waals surface area contributed by atoms with Gasteiger partial charge in [-0.1, -0.05) is 28.9 Å². The minimum Gasteiger partial charge on any atom is -0.409 e. The van der Waals surface area contributed by atoms with Gasteiger partial charge in [0.1, 0.15) is 5.84 Å². The second-order valence-electron chi connectivity index (χ2n) is 3.37. The first-order chi connectivity index (χ1) is 7.72. The maximum absolute atomic E-state index is 8.34. The molecule has 0 heterocycles. The van der Waals surface area contributed by atoms with Crippen LogP contribution in [0.1, 0.15) is 18.4 Å². The van der Waals surface area contributed by atoms with Crippen molar-refractivity contribution in [3.05, 3.63) is 34.9 Å². The fourth-order valence-corrected chi connectivity index (χ4v) is 2.22. The molecule has 0 saturated carbocycles. The number of hydrogen-bond acceptors (Lipinski definition) is 3. The monoisotopic (exact) mass is 258 g/mol. The van der Waals surface area contributed by atoms with Crippen molar-refractivity contribution in [1.82, 2.24) is 0 Å². The SMILES string of the molecule is N/C(CCCSCc1ccc(Cl)cc1)=N/O. The van der Waals surface area contributed by atoms with Crippen LogP contribution in [0.2, 0.25) is 5.02 Å². The van der Waals surface area contributed by atoms with Gasteiger partial charge in [0.05, 0.1) is 0 Å². The summed E-state index contributed by atoms with van der Waals surface area (Å²) in [6, 6.07) is 7.85. The molecule has 0 aromatic heterocycles. The molecule has 0 amide bonds. The van der Waals surface area contributed by atoms with Gasteiger partial charge < -0.3 is 10.9 Å². The minimum atomic E-state index is 0.298. The Morgan fingerprint density at radius 1 is 1.38 bits per heavy atom. The summed E-state index contributed by atoms with van der Waals surface area (Å²) in [4.78, 5) is 0. The molecule has 0 radical (unpaired) electrons. The summed E-state index contributed by atoms with van der Waals surface area (Å²) in [7, 11) is 0. The van der Waals surface area contributed by atoms with Gasteiger partial charge in [0, 0.05) is 17.2 Å². The number of halogens is 1. The lowest BCUT2D eigenvalue weighted by molar-refractivity contribution is 0.317. The number of rotatable bonds is 6. The molecule has 1 rings (SSSR count). The van der Waals surface area contributed by atoms with Crippen LogP contribution in [0.4, 0.5) is 0 Å². The molecule has 3 nitrogen and oxygen atoms in total. The smallest absolute Gasteiger partial charge is 0.139 e. The molecule has 16 heavy (non-hydrogen) atoms. The molecule has 0 saturated heterocycles. The molecule has 88 valence electrons. The Balaban J connectivity index is 2.14. The van der Waals surface area contributed by atoms with Crippen LogP contribution >= 0.6 is 23.4 Å². The summed E-state index contributed by atoms with van der Waals surface area (Å²) in [6.45, 7) is 0. The number of amidine groups is 1. The van der Waals surface area contributed by atoms with Crippen LogP contribution in [0.3, 0.4) is 0 Å². The summed E-state index contributed by atoms with van der Waals surface area (Å²) in [6.07, 6.45) is 1.57.